The summed E-state index contributed by atoms with van der Waals surface area (Å²) >= 11 is 0. The number of hydrogen-bond donors (Lipinski definition) is 2. The van der Waals surface area contributed by atoms with Crippen molar-refractivity contribution < 1.29 is 9.59 Å². The van der Waals surface area contributed by atoms with Gasteiger partial charge in [-0.3, -0.25) is 9.79 Å². The first-order valence-corrected chi connectivity index (χ1v) is 13.6. The number of piperazine rings is 1. The van der Waals surface area contributed by atoms with E-state index in [1.54, 1.807) is 11.9 Å². The lowest BCUT2D eigenvalue weighted by Crippen LogP contribution is -2.47. The largest absolute Gasteiger partial charge is 0.369 e. The molecule has 3 amide bonds. The van der Waals surface area contributed by atoms with E-state index in [-0.39, 0.29) is 11.8 Å². The van der Waals surface area contributed by atoms with Crippen molar-refractivity contribution >= 4 is 34.7 Å². The summed E-state index contributed by atoms with van der Waals surface area (Å²) in [6.45, 7) is 3.93. The predicted octanol–water partition coefficient (Wildman–Crippen LogP) is 4.32. The van der Waals surface area contributed by atoms with Crippen LogP contribution in [-0.2, 0) is 4.79 Å². The number of benzodiazepines with no additional fused rings is 1. The Labute approximate surface area is 219 Å². The van der Waals surface area contributed by atoms with Crippen LogP contribution in [0.15, 0.2) is 53.5 Å². The van der Waals surface area contributed by atoms with Crippen LogP contribution in [0.3, 0.4) is 0 Å². The van der Waals surface area contributed by atoms with Gasteiger partial charge in [0.1, 0.15) is 0 Å². The molecule has 3 aliphatic rings. The van der Waals surface area contributed by atoms with Gasteiger partial charge in [-0.1, -0.05) is 49.9 Å². The molecule has 1 saturated heterocycles. The summed E-state index contributed by atoms with van der Waals surface area (Å²) in [5.74, 6) is 0.0491. The molecular weight excluding hydrogens is 464 g/mol. The number of fused-ring (bicyclic) bond motifs is 1. The molecule has 1 aliphatic carbocycles. The Morgan fingerprint density at radius 1 is 0.919 bits per heavy atom. The van der Waals surface area contributed by atoms with Crippen molar-refractivity contribution in [1.29, 1.82) is 0 Å². The zero-order chi connectivity index (χ0) is 25.8. The zero-order valence-electron chi connectivity index (χ0n) is 21.9. The molecule has 2 aromatic carbocycles. The monoisotopic (exact) mass is 502 g/mol. The summed E-state index contributed by atoms with van der Waals surface area (Å²) in [5, 5.41) is 5.79. The van der Waals surface area contributed by atoms with Gasteiger partial charge in [-0.05, 0) is 44.2 Å². The molecule has 37 heavy (non-hydrogen) atoms. The molecule has 1 unspecified atom stereocenters. The van der Waals surface area contributed by atoms with Crippen molar-refractivity contribution in [2.45, 2.75) is 44.7 Å². The lowest BCUT2D eigenvalue weighted by molar-refractivity contribution is -0.119. The normalized spacial score (nSPS) is 21.5. The third-order valence-corrected chi connectivity index (χ3v) is 7.86. The van der Waals surface area contributed by atoms with E-state index in [4.69, 9.17) is 4.99 Å². The first-order chi connectivity index (χ1) is 18.0. The van der Waals surface area contributed by atoms with E-state index in [2.05, 4.69) is 39.6 Å². The van der Waals surface area contributed by atoms with Crippen molar-refractivity contribution in [3.8, 4) is 0 Å². The van der Waals surface area contributed by atoms with Gasteiger partial charge in [0.15, 0.2) is 0 Å². The van der Waals surface area contributed by atoms with Gasteiger partial charge in [0.2, 0.25) is 6.17 Å². The maximum atomic E-state index is 13.4. The van der Waals surface area contributed by atoms with E-state index >= 15 is 0 Å². The van der Waals surface area contributed by atoms with Gasteiger partial charge in [-0.25, -0.2) is 4.79 Å². The highest BCUT2D eigenvalue weighted by Gasteiger charge is 2.33. The van der Waals surface area contributed by atoms with Crippen LogP contribution < -0.4 is 20.4 Å². The average Bonchev–Trinajstić information content (AvgIpc) is 3.24. The van der Waals surface area contributed by atoms with Gasteiger partial charge in [0, 0.05) is 56.1 Å². The van der Waals surface area contributed by atoms with Gasteiger partial charge < -0.3 is 25.3 Å². The number of aliphatic imine (C=N–C) groups is 1. The van der Waals surface area contributed by atoms with Gasteiger partial charge in [-0.15, -0.1) is 0 Å². The number of carbonyl (C=O) groups excluding carboxylic acids is 2. The molecule has 1 saturated carbocycles. The number of amides is 3. The number of urea groups is 1. The number of nitrogens with zero attached hydrogens (tertiary/aromatic N) is 4. The van der Waals surface area contributed by atoms with Gasteiger partial charge >= 0.3 is 6.03 Å². The lowest BCUT2D eigenvalue weighted by Gasteiger charge is -2.34. The lowest BCUT2D eigenvalue weighted by atomic mass is 9.89. The van der Waals surface area contributed by atoms with Crippen molar-refractivity contribution in [2.24, 2.45) is 10.9 Å². The van der Waals surface area contributed by atoms with E-state index < -0.39 is 12.2 Å². The molecule has 2 aliphatic heterocycles. The van der Waals surface area contributed by atoms with Crippen LogP contribution in [0.1, 0.15) is 44.1 Å². The molecule has 8 heteroatoms. The van der Waals surface area contributed by atoms with E-state index in [9.17, 15) is 9.59 Å². The summed E-state index contributed by atoms with van der Waals surface area (Å²) in [6, 6.07) is 15.4. The van der Waals surface area contributed by atoms with Crippen LogP contribution in [-0.4, -0.2) is 69.0 Å². The highest BCUT2D eigenvalue weighted by atomic mass is 16.2. The molecule has 1 atom stereocenters. The quantitative estimate of drug-likeness (QED) is 0.610. The number of hydrogen-bond acceptors (Lipinski definition) is 5. The van der Waals surface area contributed by atoms with Crippen LogP contribution in [0.4, 0.5) is 21.9 Å². The Bertz CT molecular complexity index is 1150. The number of benzene rings is 2. The van der Waals surface area contributed by atoms with Crippen LogP contribution in [0, 0.1) is 5.92 Å². The van der Waals surface area contributed by atoms with Crippen molar-refractivity contribution in [3.63, 3.8) is 0 Å². The average molecular weight is 503 g/mol. The number of carbonyl (C=O) groups is 2. The maximum Gasteiger partial charge on any atom is 0.321 e. The molecule has 0 spiro atoms. The highest BCUT2D eigenvalue weighted by Crippen LogP contribution is 2.33. The second-order valence-corrected chi connectivity index (χ2v) is 10.5. The Balaban J connectivity index is 1.35. The van der Waals surface area contributed by atoms with Gasteiger partial charge in [-0.2, -0.15) is 0 Å². The van der Waals surface area contributed by atoms with E-state index in [0.717, 1.165) is 74.5 Å². The number of likely N-dealkylation sites (N-methyl/N-ethyl adjacent to an activating group) is 2. The minimum Gasteiger partial charge on any atom is -0.369 e. The Morgan fingerprint density at radius 3 is 2.41 bits per heavy atom. The summed E-state index contributed by atoms with van der Waals surface area (Å²) in [6.07, 6.45) is 5.95. The maximum absolute atomic E-state index is 13.4. The molecule has 2 fully saturated rings. The minimum atomic E-state index is -0.975. The molecule has 2 aromatic rings. The van der Waals surface area contributed by atoms with Crippen molar-refractivity contribution in [3.05, 3.63) is 54.1 Å². The SMILES string of the molecule is CN1CCN(c2cccc(NC(=O)NC3N=C(C4CCCCCC4)c4ccccc4N(C)C3=O)c2)CC1. The van der Waals surface area contributed by atoms with Crippen molar-refractivity contribution in [1.82, 2.24) is 10.2 Å². The topological polar surface area (TPSA) is 80.3 Å². The first-order valence-electron chi connectivity index (χ1n) is 13.6. The predicted molar refractivity (Wildman–Crippen MR) is 150 cm³/mol. The molecule has 2 heterocycles. The smallest absolute Gasteiger partial charge is 0.321 e. The number of para-hydroxylation sites is 1. The van der Waals surface area contributed by atoms with Crippen molar-refractivity contribution in [2.75, 3.05) is 55.4 Å². The second-order valence-electron chi connectivity index (χ2n) is 10.5. The van der Waals surface area contributed by atoms with E-state index in [1.807, 2.05) is 36.4 Å². The second kappa shape index (κ2) is 11.3. The van der Waals surface area contributed by atoms with Gasteiger partial charge in [0.05, 0.1) is 11.4 Å². The Kier molecular flexibility index (Phi) is 7.74. The Morgan fingerprint density at radius 2 is 1.65 bits per heavy atom. The third-order valence-electron chi connectivity index (χ3n) is 7.86. The number of nitrogens with one attached hydrogen (secondary N) is 2. The van der Waals surface area contributed by atoms with E-state index in [1.165, 1.54) is 12.8 Å². The molecule has 2 N–H and O–H groups in total. The van der Waals surface area contributed by atoms with Crippen LogP contribution >= 0.6 is 0 Å². The molecular formula is C29H38N6O2. The van der Waals surface area contributed by atoms with Crippen LogP contribution in [0.2, 0.25) is 0 Å². The molecule has 8 nitrogen and oxygen atoms in total. The highest BCUT2D eigenvalue weighted by molar-refractivity contribution is 6.14. The summed E-state index contributed by atoms with van der Waals surface area (Å²) < 4.78 is 0. The van der Waals surface area contributed by atoms with Crippen LogP contribution in [0.5, 0.6) is 0 Å². The summed E-state index contributed by atoms with van der Waals surface area (Å²) in [4.78, 5) is 37.8. The molecule has 196 valence electrons. The number of rotatable bonds is 4. The number of anilines is 3. The van der Waals surface area contributed by atoms with E-state index in [0.29, 0.717) is 5.69 Å². The fourth-order valence-electron chi connectivity index (χ4n) is 5.66. The summed E-state index contributed by atoms with van der Waals surface area (Å²) in [7, 11) is 3.90. The minimum absolute atomic E-state index is 0.239. The first kappa shape index (κ1) is 25.3. The fraction of sp³-hybridized carbons (Fsp3) is 0.483. The standard InChI is InChI=1S/C29H38N6O2/c1-33-16-18-35(19-17-33)23-13-9-12-22(20-23)30-29(37)32-27-28(36)34(2)25-15-8-7-14-24(25)26(31-27)21-10-5-3-4-6-11-21/h7-9,12-15,20-21,27H,3-6,10-11,16-19H2,1-2H3,(H2,30,32,37). The molecule has 5 rings (SSSR count). The fourth-order valence-corrected chi connectivity index (χ4v) is 5.66. The molecule has 0 aromatic heterocycles. The molecule has 0 radical (unpaired) electrons. The summed E-state index contributed by atoms with van der Waals surface area (Å²) in [5.41, 5.74) is 4.56. The third kappa shape index (κ3) is 5.80. The van der Waals surface area contributed by atoms with Gasteiger partial charge in [0.25, 0.3) is 5.91 Å². The molecule has 0 bridgehead atoms. The Hall–Kier alpha value is -3.39. The zero-order valence-corrected chi connectivity index (χ0v) is 21.9. The van der Waals surface area contributed by atoms with Crippen LogP contribution in [0.25, 0.3) is 0 Å².